The van der Waals surface area contributed by atoms with Crippen molar-refractivity contribution in [2.75, 3.05) is 27.4 Å². The van der Waals surface area contributed by atoms with Crippen LogP contribution in [-0.2, 0) is 19.1 Å². The zero-order valence-electron chi connectivity index (χ0n) is 23.7. The van der Waals surface area contributed by atoms with Crippen molar-refractivity contribution in [1.82, 2.24) is 5.32 Å². The number of dihydropyridines is 1. The number of rotatable bonds is 10. The molecule has 1 aliphatic carbocycles. The van der Waals surface area contributed by atoms with Gasteiger partial charge in [0.05, 0.1) is 37.4 Å². The lowest BCUT2D eigenvalue weighted by Crippen LogP contribution is -2.36. The lowest BCUT2D eigenvalue weighted by Gasteiger charge is -2.37. The number of benzene rings is 2. The lowest BCUT2D eigenvalue weighted by atomic mass is 9.71. The predicted molar refractivity (Wildman–Crippen MR) is 149 cm³/mol. The second-order valence-corrected chi connectivity index (χ2v) is 10.2. The fraction of sp³-hybridized carbons (Fsp3) is 0.400. The minimum absolute atomic E-state index is 0.0186. The smallest absolute Gasteiger partial charge is 0.336 e. The average molecular weight is 567 g/mol. The van der Waals surface area contributed by atoms with E-state index in [1.807, 2.05) is 38.1 Å². The zero-order chi connectivity index (χ0) is 29.8. The van der Waals surface area contributed by atoms with Crippen LogP contribution >= 0.6 is 0 Å². The Morgan fingerprint density at radius 2 is 1.83 bits per heavy atom. The number of phenolic OH excluding ortho intramolecular Hbond substituents is 1. The molecule has 11 heteroatoms. The first-order chi connectivity index (χ1) is 19.6. The predicted octanol–water partition coefficient (Wildman–Crippen LogP) is 4.65. The van der Waals surface area contributed by atoms with Gasteiger partial charge in [-0.25, -0.2) is 4.79 Å². The minimum atomic E-state index is -0.996. The van der Waals surface area contributed by atoms with E-state index in [2.05, 4.69) is 5.32 Å². The summed E-state index contributed by atoms with van der Waals surface area (Å²) in [6, 6.07) is 10.1. The van der Waals surface area contributed by atoms with Gasteiger partial charge in [-0.3, -0.25) is 14.9 Å². The highest BCUT2D eigenvalue weighted by atomic mass is 16.6. The Hall–Kier alpha value is -4.38. The van der Waals surface area contributed by atoms with Gasteiger partial charge in [-0.2, -0.15) is 0 Å². The van der Waals surface area contributed by atoms with Gasteiger partial charge in [0.1, 0.15) is 12.4 Å². The maximum atomic E-state index is 13.9. The Kier molecular flexibility index (Phi) is 8.97. The molecule has 0 fully saturated rings. The number of carbonyl (C=O) groups excluding carboxylic acids is 2. The number of hydrogen-bond donors (Lipinski definition) is 2. The number of phenols is 1. The van der Waals surface area contributed by atoms with Crippen molar-refractivity contribution < 1.29 is 38.6 Å². The van der Waals surface area contributed by atoms with Crippen LogP contribution in [0.2, 0.25) is 0 Å². The highest BCUT2D eigenvalue weighted by molar-refractivity contribution is 6.04. The topological polar surface area (TPSA) is 146 Å². The summed E-state index contributed by atoms with van der Waals surface area (Å²) in [6.45, 7) is 5.58. The normalized spacial score (nSPS) is 18.6. The molecule has 2 aromatic rings. The minimum Gasteiger partial charge on any atom is -0.500 e. The highest BCUT2D eigenvalue weighted by Gasteiger charge is 2.43. The summed E-state index contributed by atoms with van der Waals surface area (Å²) in [6.07, 6.45) is 0.530. The second-order valence-electron chi connectivity index (χ2n) is 10.2. The summed E-state index contributed by atoms with van der Waals surface area (Å²) >= 11 is 0. The van der Waals surface area contributed by atoms with Gasteiger partial charge in [0.2, 0.25) is 5.75 Å². The molecule has 0 unspecified atom stereocenters. The molecular formula is C30H34N2O9. The summed E-state index contributed by atoms with van der Waals surface area (Å²) in [5.74, 6) is -2.23. The molecule has 4 rings (SSSR count). The number of carbonyl (C=O) groups is 2. The Morgan fingerprint density at radius 1 is 1.12 bits per heavy atom. The third-order valence-electron chi connectivity index (χ3n) is 7.22. The van der Waals surface area contributed by atoms with Crippen LogP contribution in [0.5, 0.6) is 17.2 Å². The SMILES string of the molecule is COc1ccccc1[C@H]1CC(=O)C2=C(C1)NC(C)=C(C(=O)OCCOC(C)C)[C@@H]2c1cc(OC)c(O)c([N+](=O)[O-])c1. The maximum Gasteiger partial charge on any atom is 0.336 e. The molecule has 41 heavy (non-hydrogen) atoms. The van der Waals surface area contributed by atoms with Crippen molar-refractivity contribution in [1.29, 1.82) is 0 Å². The van der Waals surface area contributed by atoms with Gasteiger partial charge in [-0.15, -0.1) is 0 Å². The summed E-state index contributed by atoms with van der Waals surface area (Å²) < 4.78 is 21.8. The van der Waals surface area contributed by atoms with Gasteiger partial charge < -0.3 is 29.4 Å². The van der Waals surface area contributed by atoms with Crippen molar-refractivity contribution in [2.45, 2.75) is 51.6 Å². The van der Waals surface area contributed by atoms with E-state index in [1.165, 1.54) is 19.2 Å². The van der Waals surface area contributed by atoms with E-state index < -0.39 is 28.2 Å². The van der Waals surface area contributed by atoms with Crippen LogP contribution < -0.4 is 14.8 Å². The number of ether oxygens (including phenoxy) is 4. The van der Waals surface area contributed by atoms with E-state index in [0.29, 0.717) is 29.1 Å². The Bertz CT molecular complexity index is 1430. The van der Waals surface area contributed by atoms with Gasteiger partial charge >= 0.3 is 11.7 Å². The van der Waals surface area contributed by atoms with E-state index in [0.717, 1.165) is 5.56 Å². The maximum absolute atomic E-state index is 13.9. The number of ketones is 1. The molecule has 2 atom stereocenters. The molecule has 218 valence electrons. The fourth-order valence-electron chi connectivity index (χ4n) is 5.44. The van der Waals surface area contributed by atoms with Gasteiger partial charge in [-0.1, -0.05) is 18.2 Å². The number of nitro benzene ring substituents is 1. The number of methoxy groups -OCH3 is 2. The molecule has 0 aromatic heterocycles. The van der Waals surface area contributed by atoms with Gasteiger partial charge in [-0.05, 0) is 50.5 Å². The summed E-state index contributed by atoms with van der Waals surface area (Å²) in [5.41, 5.74) is 2.03. The van der Waals surface area contributed by atoms with Gasteiger partial charge in [0.15, 0.2) is 11.5 Å². The molecule has 2 N–H and O–H groups in total. The van der Waals surface area contributed by atoms with E-state index in [9.17, 15) is 24.8 Å². The first-order valence-electron chi connectivity index (χ1n) is 13.3. The summed E-state index contributed by atoms with van der Waals surface area (Å²) in [7, 11) is 2.84. The van der Waals surface area contributed by atoms with Crippen LogP contribution in [-0.4, -0.2) is 55.3 Å². The number of nitrogens with one attached hydrogen (secondary N) is 1. The molecule has 0 saturated heterocycles. The monoisotopic (exact) mass is 566 g/mol. The van der Waals surface area contributed by atoms with E-state index in [4.69, 9.17) is 18.9 Å². The molecule has 0 spiro atoms. The standard InChI is InChI=1S/C30H34N2O9/c1-16(2)40-10-11-41-30(35)26-17(3)31-21-12-18(20-8-6-7-9-24(20)38-4)14-23(33)28(21)27(26)19-13-22(32(36)37)29(34)25(15-19)39-5/h6-9,13,15-16,18,27,31,34H,10-12,14H2,1-5H3/t18-,27+/m1/s1. The first-order valence-corrected chi connectivity index (χ1v) is 13.3. The second kappa shape index (κ2) is 12.4. The van der Waals surface area contributed by atoms with Crippen LogP contribution in [0.25, 0.3) is 0 Å². The number of aromatic hydroxyl groups is 1. The number of esters is 1. The molecule has 0 radical (unpaired) electrons. The number of nitro groups is 1. The van der Waals surface area contributed by atoms with E-state index in [1.54, 1.807) is 14.0 Å². The van der Waals surface area contributed by atoms with E-state index >= 15 is 0 Å². The third-order valence-corrected chi connectivity index (χ3v) is 7.22. The van der Waals surface area contributed by atoms with Crippen LogP contribution in [0, 0.1) is 10.1 Å². The largest absolute Gasteiger partial charge is 0.500 e. The van der Waals surface area contributed by atoms with Crippen molar-refractivity contribution in [3.05, 3.63) is 80.2 Å². The first kappa shape index (κ1) is 29.6. The zero-order valence-corrected chi connectivity index (χ0v) is 23.7. The Morgan fingerprint density at radius 3 is 2.49 bits per heavy atom. The van der Waals surface area contributed by atoms with Crippen molar-refractivity contribution in [3.8, 4) is 17.2 Å². The summed E-state index contributed by atoms with van der Waals surface area (Å²) in [4.78, 5) is 38.5. The van der Waals surface area contributed by atoms with Crippen LogP contribution in [0.1, 0.15) is 56.6 Å². The van der Waals surface area contributed by atoms with Crippen LogP contribution in [0.4, 0.5) is 5.69 Å². The number of nitrogens with zero attached hydrogens (tertiary/aromatic N) is 1. The average Bonchev–Trinajstić information content (AvgIpc) is 2.94. The molecule has 1 heterocycles. The molecule has 11 nitrogen and oxygen atoms in total. The molecule has 1 aliphatic heterocycles. The quantitative estimate of drug-likeness (QED) is 0.180. The molecular weight excluding hydrogens is 532 g/mol. The Balaban J connectivity index is 1.82. The lowest BCUT2D eigenvalue weighted by molar-refractivity contribution is -0.386. The van der Waals surface area contributed by atoms with Crippen molar-refractivity contribution in [2.24, 2.45) is 0 Å². The fourth-order valence-corrected chi connectivity index (χ4v) is 5.44. The number of allylic oxidation sites excluding steroid dienone is 3. The molecule has 2 aromatic carbocycles. The molecule has 0 saturated carbocycles. The molecule has 0 amide bonds. The van der Waals surface area contributed by atoms with Crippen molar-refractivity contribution in [3.63, 3.8) is 0 Å². The third kappa shape index (κ3) is 6.04. The van der Waals surface area contributed by atoms with Gasteiger partial charge in [0, 0.05) is 41.3 Å². The van der Waals surface area contributed by atoms with Crippen molar-refractivity contribution >= 4 is 17.4 Å². The highest BCUT2D eigenvalue weighted by Crippen LogP contribution is 2.49. The number of hydrogen-bond acceptors (Lipinski definition) is 10. The molecule has 2 aliphatic rings. The number of Topliss-reactive ketones (excluding diaryl/α,β-unsaturated/α-hetero) is 1. The van der Waals surface area contributed by atoms with Gasteiger partial charge in [0.25, 0.3) is 0 Å². The van der Waals surface area contributed by atoms with Crippen LogP contribution in [0.3, 0.4) is 0 Å². The Labute approximate surface area is 237 Å². The van der Waals surface area contributed by atoms with E-state index in [-0.39, 0.29) is 54.3 Å². The summed E-state index contributed by atoms with van der Waals surface area (Å²) in [5, 5.41) is 25.5. The number of para-hydroxylation sites is 1. The molecule has 0 bridgehead atoms. The van der Waals surface area contributed by atoms with Crippen LogP contribution in [0.15, 0.2) is 58.9 Å².